The Kier molecular flexibility index (Phi) is 4.53. The fourth-order valence-corrected chi connectivity index (χ4v) is 4.36. The number of piperidine rings is 1. The summed E-state index contributed by atoms with van der Waals surface area (Å²) in [5.41, 5.74) is -0.726. The molecule has 2 amide bonds. The van der Waals surface area contributed by atoms with Crippen molar-refractivity contribution in [3.05, 3.63) is 59.9 Å². The van der Waals surface area contributed by atoms with E-state index >= 15 is 0 Å². The Bertz CT molecular complexity index is 841. The number of alkyl halides is 3. The molecule has 4 rings (SSSR count). The average molecular weight is 391 g/mol. The van der Waals surface area contributed by atoms with Crippen molar-refractivity contribution in [1.82, 2.24) is 9.88 Å². The number of benzene rings is 1. The molecule has 2 aliphatic heterocycles. The predicted octanol–water partition coefficient (Wildman–Crippen LogP) is 4.15. The monoisotopic (exact) mass is 391 g/mol. The molecular weight excluding hydrogens is 371 g/mol. The molecule has 2 N–H and O–H groups in total. The molecule has 0 unspecified atom stereocenters. The SMILES string of the molecule is O=C(Nc1ccc(C(F)(F)F)cc1)N1[C@@H]2CC[C@@H]1CC(O)(c1cccnc1)C2. The van der Waals surface area contributed by atoms with Gasteiger partial charge in [-0.15, -0.1) is 0 Å². The number of aromatic nitrogens is 1. The Hall–Kier alpha value is -2.61. The highest BCUT2D eigenvalue weighted by Crippen LogP contribution is 2.45. The van der Waals surface area contributed by atoms with E-state index in [1.165, 1.54) is 12.1 Å². The molecular formula is C20H20F3N3O2. The zero-order valence-electron chi connectivity index (χ0n) is 15.0. The predicted molar refractivity (Wildman–Crippen MR) is 96.5 cm³/mol. The number of halogens is 3. The summed E-state index contributed by atoms with van der Waals surface area (Å²) in [5.74, 6) is 0. The van der Waals surface area contributed by atoms with Crippen molar-refractivity contribution in [2.24, 2.45) is 0 Å². The number of pyridine rings is 1. The summed E-state index contributed by atoms with van der Waals surface area (Å²) in [7, 11) is 0. The van der Waals surface area contributed by atoms with Crippen molar-refractivity contribution in [1.29, 1.82) is 0 Å². The number of carbonyl (C=O) groups is 1. The molecule has 0 spiro atoms. The van der Waals surface area contributed by atoms with Gasteiger partial charge >= 0.3 is 12.2 Å². The van der Waals surface area contributed by atoms with Gasteiger partial charge < -0.3 is 15.3 Å². The van der Waals surface area contributed by atoms with Gasteiger partial charge in [-0.05, 0) is 43.2 Å². The van der Waals surface area contributed by atoms with Crippen LogP contribution in [0.4, 0.5) is 23.7 Å². The minimum atomic E-state index is -4.41. The van der Waals surface area contributed by atoms with E-state index in [1.807, 2.05) is 6.07 Å². The van der Waals surface area contributed by atoms with Gasteiger partial charge in [0.2, 0.25) is 0 Å². The molecule has 2 fully saturated rings. The molecule has 1 aromatic carbocycles. The van der Waals surface area contributed by atoms with Gasteiger partial charge in [-0.1, -0.05) is 6.07 Å². The molecule has 3 heterocycles. The number of fused-ring (bicyclic) bond motifs is 2. The smallest absolute Gasteiger partial charge is 0.385 e. The summed E-state index contributed by atoms with van der Waals surface area (Å²) in [6.07, 6.45) is 1.28. The van der Waals surface area contributed by atoms with Crippen LogP contribution < -0.4 is 5.32 Å². The third-order valence-electron chi connectivity index (χ3n) is 5.66. The molecule has 2 atom stereocenters. The van der Waals surface area contributed by atoms with Crippen LogP contribution in [-0.4, -0.2) is 33.1 Å². The Balaban J connectivity index is 1.47. The van der Waals surface area contributed by atoms with Crippen LogP contribution in [0.25, 0.3) is 0 Å². The molecule has 148 valence electrons. The molecule has 0 radical (unpaired) electrons. The molecule has 2 aromatic rings. The average Bonchev–Trinajstić information content (AvgIpc) is 2.94. The number of rotatable bonds is 2. The van der Waals surface area contributed by atoms with Gasteiger partial charge in [0, 0.05) is 48.6 Å². The summed E-state index contributed by atoms with van der Waals surface area (Å²) in [5, 5.41) is 13.8. The fourth-order valence-electron chi connectivity index (χ4n) is 4.36. The van der Waals surface area contributed by atoms with Gasteiger partial charge in [0.25, 0.3) is 0 Å². The van der Waals surface area contributed by atoms with Crippen LogP contribution >= 0.6 is 0 Å². The van der Waals surface area contributed by atoms with Crippen molar-refractivity contribution in [3.63, 3.8) is 0 Å². The number of nitrogens with one attached hydrogen (secondary N) is 1. The highest BCUT2D eigenvalue weighted by molar-refractivity contribution is 5.90. The normalized spacial score (nSPS) is 26.9. The number of anilines is 1. The number of carbonyl (C=O) groups excluding carboxylic acids is 1. The molecule has 2 bridgehead atoms. The Labute approximate surface area is 160 Å². The van der Waals surface area contributed by atoms with Crippen LogP contribution in [0.2, 0.25) is 0 Å². The maximum Gasteiger partial charge on any atom is 0.416 e. The first-order chi connectivity index (χ1) is 13.3. The summed E-state index contributed by atoms with van der Waals surface area (Å²) in [6.45, 7) is 0. The highest BCUT2D eigenvalue weighted by atomic mass is 19.4. The first kappa shape index (κ1) is 18.7. The lowest BCUT2D eigenvalue weighted by atomic mass is 9.81. The zero-order chi connectivity index (χ0) is 19.9. The van der Waals surface area contributed by atoms with E-state index in [0.717, 1.165) is 30.5 Å². The van der Waals surface area contributed by atoms with E-state index in [-0.39, 0.29) is 18.1 Å². The molecule has 0 saturated carbocycles. The van der Waals surface area contributed by atoms with E-state index in [2.05, 4.69) is 10.3 Å². The summed E-state index contributed by atoms with van der Waals surface area (Å²) in [6, 6.07) is 7.40. The van der Waals surface area contributed by atoms with Crippen molar-refractivity contribution in [2.75, 3.05) is 5.32 Å². The maximum absolute atomic E-state index is 12.8. The number of aliphatic hydroxyl groups is 1. The van der Waals surface area contributed by atoms with Gasteiger partial charge in [0.15, 0.2) is 0 Å². The summed E-state index contributed by atoms with van der Waals surface area (Å²) < 4.78 is 38.0. The number of hydrogen-bond acceptors (Lipinski definition) is 3. The second-order valence-corrected chi connectivity index (χ2v) is 7.48. The third-order valence-corrected chi connectivity index (χ3v) is 5.66. The summed E-state index contributed by atoms with van der Waals surface area (Å²) >= 11 is 0. The number of hydrogen-bond donors (Lipinski definition) is 2. The first-order valence-electron chi connectivity index (χ1n) is 9.16. The first-order valence-corrected chi connectivity index (χ1v) is 9.16. The topological polar surface area (TPSA) is 65.5 Å². The van der Waals surface area contributed by atoms with Crippen molar-refractivity contribution < 1.29 is 23.1 Å². The molecule has 1 aromatic heterocycles. The van der Waals surface area contributed by atoms with Crippen LogP contribution in [-0.2, 0) is 11.8 Å². The standard InChI is InChI=1S/C20H20F3N3O2/c21-20(22,23)13-3-5-15(6-4-13)25-18(27)26-16-7-8-17(26)11-19(28,10-16)14-2-1-9-24-12-14/h1-6,9,12,16-17,28H,7-8,10-11H2,(H,25,27)/t16-,17-/m1/s1. The minimum absolute atomic E-state index is 0.126. The molecule has 28 heavy (non-hydrogen) atoms. The Morgan fingerprint density at radius 2 is 1.79 bits per heavy atom. The number of urea groups is 1. The second-order valence-electron chi connectivity index (χ2n) is 7.48. The van der Waals surface area contributed by atoms with E-state index in [1.54, 1.807) is 23.4 Å². The number of amides is 2. The van der Waals surface area contributed by atoms with E-state index in [0.29, 0.717) is 18.5 Å². The fraction of sp³-hybridized carbons (Fsp3) is 0.400. The van der Waals surface area contributed by atoms with Crippen molar-refractivity contribution in [2.45, 2.75) is 49.5 Å². The van der Waals surface area contributed by atoms with Crippen molar-refractivity contribution in [3.8, 4) is 0 Å². The number of nitrogens with zero attached hydrogens (tertiary/aromatic N) is 2. The molecule has 2 aliphatic rings. The van der Waals surface area contributed by atoms with E-state index in [9.17, 15) is 23.1 Å². The van der Waals surface area contributed by atoms with Gasteiger partial charge in [0.1, 0.15) is 0 Å². The van der Waals surface area contributed by atoms with Gasteiger partial charge in [0.05, 0.1) is 11.2 Å². The lowest BCUT2D eigenvalue weighted by molar-refractivity contribution is -0.137. The Morgan fingerprint density at radius 3 is 2.32 bits per heavy atom. The van der Waals surface area contributed by atoms with Crippen LogP contribution in [0.3, 0.4) is 0 Å². The Morgan fingerprint density at radius 1 is 1.14 bits per heavy atom. The van der Waals surface area contributed by atoms with E-state index in [4.69, 9.17) is 0 Å². The molecule has 5 nitrogen and oxygen atoms in total. The van der Waals surface area contributed by atoms with E-state index < -0.39 is 17.3 Å². The van der Waals surface area contributed by atoms with Gasteiger partial charge in [-0.3, -0.25) is 4.98 Å². The van der Waals surface area contributed by atoms with Gasteiger partial charge in [-0.2, -0.15) is 13.2 Å². The third kappa shape index (κ3) is 3.44. The van der Waals surface area contributed by atoms with Crippen LogP contribution in [0.15, 0.2) is 48.8 Å². The summed E-state index contributed by atoms with van der Waals surface area (Å²) in [4.78, 5) is 18.6. The van der Waals surface area contributed by atoms with Crippen LogP contribution in [0.5, 0.6) is 0 Å². The van der Waals surface area contributed by atoms with Crippen LogP contribution in [0, 0.1) is 0 Å². The molecule has 0 aliphatic carbocycles. The molecule has 8 heteroatoms. The lowest BCUT2D eigenvalue weighted by Gasteiger charge is -2.43. The van der Waals surface area contributed by atoms with Crippen LogP contribution in [0.1, 0.15) is 36.8 Å². The second kappa shape index (κ2) is 6.77. The molecule has 2 saturated heterocycles. The van der Waals surface area contributed by atoms with Gasteiger partial charge in [-0.25, -0.2) is 4.79 Å². The highest BCUT2D eigenvalue weighted by Gasteiger charge is 2.50. The van der Waals surface area contributed by atoms with Crippen molar-refractivity contribution >= 4 is 11.7 Å². The minimum Gasteiger partial charge on any atom is -0.385 e. The zero-order valence-corrected chi connectivity index (χ0v) is 15.0. The quantitative estimate of drug-likeness (QED) is 0.809. The largest absolute Gasteiger partial charge is 0.416 e. The maximum atomic E-state index is 12.8. The lowest BCUT2D eigenvalue weighted by Crippen LogP contribution is -2.53.